The van der Waals surface area contributed by atoms with Crippen LogP contribution in [-0.4, -0.2) is 36.4 Å². The highest BCUT2D eigenvalue weighted by Gasteiger charge is 2.15. The van der Waals surface area contributed by atoms with Crippen LogP contribution in [0.5, 0.6) is 0 Å². The molecule has 0 aliphatic heterocycles. The number of rotatable bonds is 22. The fourth-order valence-corrected chi connectivity index (χ4v) is 3.27. The van der Waals surface area contributed by atoms with Crippen molar-refractivity contribution in [3.63, 3.8) is 0 Å². The Bertz CT molecular complexity index is 498. The Kier molecular flexibility index (Phi) is 22.8. The Morgan fingerprint density at radius 1 is 0.750 bits per heavy atom. The molecule has 0 radical (unpaired) electrons. The third-order valence-corrected chi connectivity index (χ3v) is 5.30. The molecule has 1 N–H and O–H groups in total. The minimum Gasteiger partial charge on any atom is -0.462 e. The lowest BCUT2D eigenvalue weighted by atomic mass is 10.1. The quantitative estimate of drug-likeness (QED) is 0.111. The Balaban J connectivity index is 3.46. The molecule has 0 amide bonds. The van der Waals surface area contributed by atoms with Crippen molar-refractivity contribution >= 4 is 11.9 Å². The number of unbranched alkanes of at least 4 members (excludes halogenated alkanes) is 11. The minimum atomic E-state index is -0.765. The molecule has 32 heavy (non-hydrogen) atoms. The molecule has 0 saturated carbocycles. The Morgan fingerprint density at radius 3 is 1.88 bits per heavy atom. The molecule has 0 heterocycles. The van der Waals surface area contributed by atoms with E-state index < -0.39 is 6.10 Å². The first-order valence-corrected chi connectivity index (χ1v) is 12.9. The standard InChI is InChI=1S/C27H48O5/c1-3-5-6-7-8-9-10-11-12-13-14-15-16-17-18-19-20-21-22-27(30)32-25(23-28)24-31-26(29)4-2/h9-10,12-13,25,28H,3-8,11,14-24H2,1-2H3/b10-9-,13-12-. The summed E-state index contributed by atoms with van der Waals surface area (Å²) in [4.78, 5) is 22.9. The number of aliphatic hydroxyl groups excluding tert-OH is 1. The molecular weight excluding hydrogens is 404 g/mol. The average molecular weight is 453 g/mol. The lowest BCUT2D eigenvalue weighted by Gasteiger charge is -2.15. The molecule has 5 nitrogen and oxygen atoms in total. The van der Waals surface area contributed by atoms with Crippen LogP contribution in [0.4, 0.5) is 0 Å². The molecule has 0 aromatic heterocycles. The SMILES string of the molecule is CCCCCC/C=C\C/C=C\CCCCCCCCCC(=O)OC(CO)COC(=O)CC. The minimum absolute atomic E-state index is 0.0834. The number of esters is 2. The molecule has 0 bridgehead atoms. The first-order chi connectivity index (χ1) is 15.6. The molecule has 5 heteroatoms. The Labute approximate surface area is 196 Å². The van der Waals surface area contributed by atoms with Crippen LogP contribution in [0.2, 0.25) is 0 Å². The van der Waals surface area contributed by atoms with E-state index in [1.165, 1.54) is 57.8 Å². The molecule has 1 unspecified atom stereocenters. The van der Waals surface area contributed by atoms with E-state index >= 15 is 0 Å². The molecule has 0 fully saturated rings. The highest BCUT2D eigenvalue weighted by molar-refractivity contribution is 5.70. The predicted octanol–water partition coefficient (Wildman–Crippen LogP) is 6.83. The molecule has 0 aliphatic rings. The third-order valence-electron chi connectivity index (χ3n) is 5.30. The van der Waals surface area contributed by atoms with Crippen molar-refractivity contribution in [1.29, 1.82) is 0 Å². The number of ether oxygens (including phenoxy) is 2. The Morgan fingerprint density at radius 2 is 1.31 bits per heavy atom. The molecular formula is C27H48O5. The van der Waals surface area contributed by atoms with E-state index in [1.54, 1.807) is 6.92 Å². The van der Waals surface area contributed by atoms with Gasteiger partial charge in [0.25, 0.3) is 0 Å². The summed E-state index contributed by atoms with van der Waals surface area (Å²) in [6, 6.07) is 0. The van der Waals surface area contributed by atoms with Crippen molar-refractivity contribution in [2.75, 3.05) is 13.2 Å². The molecule has 0 aromatic rings. The van der Waals surface area contributed by atoms with Crippen molar-refractivity contribution < 1.29 is 24.2 Å². The zero-order chi connectivity index (χ0) is 23.7. The summed E-state index contributed by atoms with van der Waals surface area (Å²) in [5.41, 5.74) is 0. The molecule has 0 aromatic carbocycles. The van der Waals surface area contributed by atoms with Gasteiger partial charge < -0.3 is 14.6 Å². The zero-order valence-corrected chi connectivity index (χ0v) is 20.7. The first-order valence-electron chi connectivity index (χ1n) is 12.9. The van der Waals surface area contributed by atoms with Crippen LogP contribution in [-0.2, 0) is 19.1 Å². The number of hydrogen-bond acceptors (Lipinski definition) is 5. The van der Waals surface area contributed by atoms with Crippen molar-refractivity contribution in [2.45, 2.75) is 123 Å². The van der Waals surface area contributed by atoms with Gasteiger partial charge in [-0.2, -0.15) is 0 Å². The Hall–Kier alpha value is -1.62. The van der Waals surface area contributed by atoms with Gasteiger partial charge in [-0.05, 0) is 38.5 Å². The van der Waals surface area contributed by atoms with Gasteiger partial charge >= 0.3 is 11.9 Å². The van der Waals surface area contributed by atoms with Crippen molar-refractivity contribution in [3.05, 3.63) is 24.3 Å². The smallest absolute Gasteiger partial charge is 0.306 e. The van der Waals surface area contributed by atoms with Crippen LogP contribution in [0.1, 0.15) is 117 Å². The molecule has 0 spiro atoms. The van der Waals surface area contributed by atoms with Gasteiger partial charge in [0, 0.05) is 12.8 Å². The predicted molar refractivity (Wildman–Crippen MR) is 131 cm³/mol. The maximum atomic E-state index is 11.8. The van der Waals surface area contributed by atoms with E-state index in [0.29, 0.717) is 6.42 Å². The topological polar surface area (TPSA) is 72.8 Å². The normalized spacial score (nSPS) is 12.5. The van der Waals surface area contributed by atoms with E-state index in [9.17, 15) is 14.7 Å². The number of carbonyl (C=O) groups excluding carboxylic acids is 2. The van der Waals surface area contributed by atoms with Crippen LogP contribution in [0.3, 0.4) is 0 Å². The highest BCUT2D eigenvalue weighted by Crippen LogP contribution is 2.11. The van der Waals surface area contributed by atoms with E-state index in [0.717, 1.165) is 32.1 Å². The number of aliphatic hydroxyl groups is 1. The third kappa shape index (κ3) is 21.6. The van der Waals surface area contributed by atoms with Gasteiger partial charge in [0.2, 0.25) is 0 Å². The molecule has 0 aliphatic carbocycles. The largest absolute Gasteiger partial charge is 0.462 e. The van der Waals surface area contributed by atoms with Crippen molar-refractivity contribution in [3.8, 4) is 0 Å². The van der Waals surface area contributed by atoms with Crippen LogP contribution >= 0.6 is 0 Å². The van der Waals surface area contributed by atoms with Gasteiger partial charge in [-0.1, -0.05) is 89.5 Å². The maximum absolute atomic E-state index is 11.8. The van der Waals surface area contributed by atoms with Crippen LogP contribution in [0.15, 0.2) is 24.3 Å². The van der Waals surface area contributed by atoms with Crippen LogP contribution in [0, 0.1) is 0 Å². The van der Waals surface area contributed by atoms with Gasteiger partial charge in [-0.3, -0.25) is 9.59 Å². The van der Waals surface area contributed by atoms with E-state index in [-0.39, 0.29) is 31.6 Å². The van der Waals surface area contributed by atoms with Gasteiger partial charge in [0.15, 0.2) is 6.10 Å². The first kappa shape index (κ1) is 30.4. The number of carbonyl (C=O) groups is 2. The summed E-state index contributed by atoms with van der Waals surface area (Å²) in [5, 5.41) is 9.21. The summed E-state index contributed by atoms with van der Waals surface area (Å²) < 4.78 is 10.1. The summed E-state index contributed by atoms with van der Waals surface area (Å²) in [5.74, 6) is -0.703. The fraction of sp³-hybridized carbons (Fsp3) is 0.778. The monoisotopic (exact) mass is 452 g/mol. The van der Waals surface area contributed by atoms with Crippen molar-refractivity contribution in [2.24, 2.45) is 0 Å². The lowest BCUT2D eigenvalue weighted by molar-refractivity contribution is -0.161. The van der Waals surface area contributed by atoms with Gasteiger partial charge in [-0.15, -0.1) is 0 Å². The lowest BCUT2D eigenvalue weighted by Crippen LogP contribution is -2.28. The van der Waals surface area contributed by atoms with Crippen molar-refractivity contribution in [1.82, 2.24) is 0 Å². The van der Waals surface area contributed by atoms with Crippen LogP contribution < -0.4 is 0 Å². The molecule has 1 atom stereocenters. The van der Waals surface area contributed by atoms with E-state index in [2.05, 4.69) is 31.2 Å². The van der Waals surface area contributed by atoms with E-state index in [4.69, 9.17) is 9.47 Å². The summed E-state index contributed by atoms with van der Waals surface area (Å²) in [6.45, 7) is 3.51. The highest BCUT2D eigenvalue weighted by atomic mass is 16.6. The van der Waals surface area contributed by atoms with E-state index in [1.807, 2.05) is 0 Å². The summed E-state index contributed by atoms with van der Waals surface area (Å²) in [7, 11) is 0. The molecule has 186 valence electrons. The van der Waals surface area contributed by atoms with Gasteiger partial charge in [0.1, 0.15) is 6.61 Å². The second kappa shape index (κ2) is 24.0. The second-order valence-corrected chi connectivity index (χ2v) is 8.37. The average Bonchev–Trinajstić information content (AvgIpc) is 2.80. The molecule has 0 rings (SSSR count). The number of allylic oxidation sites excluding steroid dienone is 4. The summed E-state index contributed by atoms with van der Waals surface area (Å²) in [6.07, 6.45) is 25.7. The van der Waals surface area contributed by atoms with Crippen LogP contribution in [0.25, 0.3) is 0 Å². The maximum Gasteiger partial charge on any atom is 0.306 e. The zero-order valence-electron chi connectivity index (χ0n) is 20.7. The number of hydrogen-bond donors (Lipinski definition) is 1. The molecule has 0 saturated heterocycles. The van der Waals surface area contributed by atoms with Gasteiger partial charge in [-0.25, -0.2) is 0 Å². The second-order valence-electron chi connectivity index (χ2n) is 8.37. The van der Waals surface area contributed by atoms with Gasteiger partial charge in [0.05, 0.1) is 6.61 Å². The summed E-state index contributed by atoms with van der Waals surface area (Å²) >= 11 is 0. The fourth-order valence-electron chi connectivity index (χ4n) is 3.27.